The number of carbonyl (C=O) groups excluding carboxylic acids is 1. The molecule has 0 saturated carbocycles. The summed E-state index contributed by atoms with van der Waals surface area (Å²) < 4.78 is 5.14. The summed E-state index contributed by atoms with van der Waals surface area (Å²) in [5.74, 6) is 0.930. The van der Waals surface area contributed by atoms with Crippen LogP contribution in [-0.2, 0) is 0 Å². The Labute approximate surface area is 105 Å². The fraction of sp³-hybridized carbons (Fsp3) is 0.417. The van der Waals surface area contributed by atoms with Crippen LogP contribution in [0.3, 0.4) is 0 Å². The normalized spacial score (nSPS) is 15.2. The van der Waals surface area contributed by atoms with E-state index in [0.29, 0.717) is 28.8 Å². The van der Waals surface area contributed by atoms with Gasteiger partial charge in [0.25, 0.3) is 5.91 Å². The Morgan fingerprint density at radius 1 is 1.59 bits per heavy atom. The number of halogens is 1. The summed E-state index contributed by atoms with van der Waals surface area (Å²) in [5, 5.41) is 6.57. The van der Waals surface area contributed by atoms with E-state index >= 15 is 0 Å². The molecular formula is C12H15ClN2O2. The minimum Gasteiger partial charge on any atom is -0.496 e. The molecule has 2 N–H and O–H groups in total. The first kappa shape index (κ1) is 12.2. The van der Waals surface area contributed by atoms with E-state index in [0.717, 1.165) is 13.1 Å². The quantitative estimate of drug-likeness (QED) is 0.852. The van der Waals surface area contributed by atoms with Crippen molar-refractivity contribution in [1.82, 2.24) is 10.6 Å². The maximum Gasteiger partial charge on any atom is 0.255 e. The predicted molar refractivity (Wildman–Crippen MR) is 66.7 cm³/mol. The van der Waals surface area contributed by atoms with E-state index in [1.54, 1.807) is 18.2 Å². The molecule has 0 unspecified atom stereocenters. The number of nitrogens with one attached hydrogen (secondary N) is 2. The van der Waals surface area contributed by atoms with E-state index < -0.39 is 0 Å². The van der Waals surface area contributed by atoms with Crippen molar-refractivity contribution < 1.29 is 9.53 Å². The second-order valence-electron chi connectivity index (χ2n) is 4.08. The highest BCUT2D eigenvalue weighted by molar-refractivity contribution is 6.31. The summed E-state index contributed by atoms with van der Waals surface area (Å²) in [7, 11) is 1.54. The number of carbonyl (C=O) groups is 1. The molecule has 17 heavy (non-hydrogen) atoms. The summed E-state index contributed by atoms with van der Waals surface area (Å²) in [5.41, 5.74) is 0.479. The van der Waals surface area contributed by atoms with E-state index in [4.69, 9.17) is 16.3 Å². The fourth-order valence-electron chi connectivity index (χ4n) is 1.68. The Bertz CT molecular complexity index is 419. The van der Waals surface area contributed by atoms with E-state index in [1.165, 1.54) is 7.11 Å². The lowest BCUT2D eigenvalue weighted by atomic mass is 10.0. The zero-order valence-electron chi connectivity index (χ0n) is 9.63. The summed E-state index contributed by atoms with van der Waals surface area (Å²) in [6.45, 7) is 2.61. The van der Waals surface area contributed by atoms with Crippen LogP contribution in [0.1, 0.15) is 10.4 Å². The van der Waals surface area contributed by atoms with Crippen molar-refractivity contribution >= 4 is 17.5 Å². The predicted octanol–water partition coefficient (Wildman–Crippen LogP) is 1.30. The molecule has 0 spiro atoms. The standard InChI is InChI=1S/C12H15ClN2O2/c1-17-11-3-2-9(13)4-10(11)12(16)15-7-8-5-14-6-8/h2-4,8,14H,5-7H2,1H3,(H,15,16). The number of hydrogen-bond donors (Lipinski definition) is 2. The minimum absolute atomic E-state index is 0.142. The zero-order chi connectivity index (χ0) is 12.3. The van der Waals surface area contributed by atoms with Gasteiger partial charge in [-0.25, -0.2) is 0 Å². The molecule has 1 fully saturated rings. The maximum atomic E-state index is 12.0. The number of methoxy groups -OCH3 is 1. The van der Waals surface area contributed by atoms with Gasteiger partial charge in [-0.2, -0.15) is 0 Å². The molecule has 1 aromatic carbocycles. The van der Waals surface area contributed by atoms with E-state index in [9.17, 15) is 4.79 Å². The van der Waals surface area contributed by atoms with Gasteiger partial charge in [0.05, 0.1) is 12.7 Å². The van der Waals surface area contributed by atoms with Crippen LogP contribution in [-0.4, -0.2) is 32.7 Å². The van der Waals surface area contributed by atoms with E-state index in [2.05, 4.69) is 10.6 Å². The van der Waals surface area contributed by atoms with Gasteiger partial charge < -0.3 is 15.4 Å². The van der Waals surface area contributed by atoms with Crippen molar-refractivity contribution in [3.05, 3.63) is 28.8 Å². The van der Waals surface area contributed by atoms with Crippen molar-refractivity contribution in [3.63, 3.8) is 0 Å². The Balaban J connectivity index is 2.03. The van der Waals surface area contributed by atoms with Crippen LogP contribution in [0.15, 0.2) is 18.2 Å². The minimum atomic E-state index is -0.142. The molecule has 1 amide bonds. The molecule has 1 heterocycles. The smallest absolute Gasteiger partial charge is 0.255 e. The van der Waals surface area contributed by atoms with Crippen LogP contribution in [0.4, 0.5) is 0 Å². The third-order valence-corrected chi connectivity index (χ3v) is 3.06. The van der Waals surface area contributed by atoms with Gasteiger partial charge in [-0.15, -0.1) is 0 Å². The largest absolute Gasteiger partial charge is 0.496 e. The van der Waals surface area contributed by atoms with Crippen molar-refractivity contribution in [3.8, 4) is 5.75 Å². The molecule has 0 bridgehead atoms. The van der Waals surface area contributed by atoms with Gasteiger partial charge in [-0.1, -0.05) is 11.6 Å². The average Bonchev–Trinajstić information content (AvgIpc) is 2.26. The second-order valence-corrected chi connectivity index (χ2v) is 4.52. The Hall–Kier alpha value is -1.26. The van der Waals surface area contributed by atoms with Crippen LogP contribution in [0.2, 0.25) is 5.02 Å². The average molecular weight is 255 g/mol. The summed E-state index contributed by atoms with van der Waals surface area (Å²) >= 11 is 5.87. The van der Waals surface area contributed by atoms with Crippen LogP contribution >= 0.6 is 11.6 Å². The molecule has 1 aliphatic rings. The maximum absolute atomic E-state index is 12.0. The van der Waals surface area contributed by atoms with Crippen molar-refractivity contribution in [2.24, 2.45) is 5.92 Å². The lowest BCUT2D eigenvalue weighted by Crippen LogP contribution is -2.48. The number of benzene rings is 1. The molecule has 0 radical (unpaired) electrons. The van der Waals surface area contributed by atoms with Crippen LogP contribution < -0.4 is 15.4 Å². The fourth-order valence-corrected chi connectivity index (χ4v) is 1.85. The Morgan fingerprint density at radius 2 is 2.35 bits per heavy atom. The Kier molecular flexibility index (Phi) is 3.86. The van der Waals surface area contributed by atoms with Gasteiger partial charge in [-0.05, 0) is 18.2 Å². The van der Waals surface area contributed by atoms with E-state index in [1.807, 2.05) is 0 Å². The molecule has 1 aromatic rings. The molecule has 0 atom stereocenters. The Morgan fingerprint density at radius 3 is 2.94 bits per heavy atom. The number of rotatable bonds is 4. The molecule has 4 nitrogen and oxygen atoms in total. The highest BCUT2D eigenvalue weighted by atomic mass is 35.5. The lowest BCUT2D eigenvalue weighted by Gasteiger charge is -2.27. The first-order valence-electron chi connectivity index (χ1n) is 5.53. The van der Waals surface area contributed by atoms with Crippen molar-refractivity contribution in [1.29, 1.82) is 0 Å². The van der Waals surface area contributed by atoms with Crippen LogP contribution in [0.5, 0.6) is 5.75 Å². The molecule has 0 aromatic heterocycles. The van der Waals surface area contributed by atoms with Crippen molar-refractivity contribution in [2.45, 2.75) is 0 Å². The molecule has 92 valence electrons. The highest BCUT2D eigenvalue weighted by Gasteiger charge is 2.19. The molecular weight excluding hydrogens is 240 g/mol. The molecule has 1 saturated heterocycles. The van der Waals surface area contributed by atoms with Gasteiger partial charge >= 0.3 is 0 Å². The van der Waals surface area contributed by atoms with Gasteiger partial charge in [0.1, 0.15) is 5.75 Å². The lowest BCUT2D eigenvalue weighted by molar-refractivity contribution is 0.0939. The summed E-state index contributed by atoms with van der Waals surface area (Å²) in [6.07, 6.45) is 0. The third kappa shape index (κ3) is 2.90. The van der Waals surface area contributed by atoms with Gasteiger partial charge in [0.2, 0.25) is 0 Å². The van der Waals surface area contributed by atoms with Crippen molar-refractivity contribution in [2.75, 3.05) is 26.7 Å². The third-order valence-electron chi connectivity index (χ3n) is 2.82. The van der Waals surface area contributed by atoms with Crippen LogP contribution in [0, 0.1) is 5.92 Å². The number of amides is 1. The number of ether oxygens (including phenoxy) is 1. The monoisotopic (exact) mass is 254 g/mol. The van der Waals surface area contributed by atoms with Gasteiger partial charge in [0.15, 0.2) is 0 Å². The first-order chi connectivity index (χ1) is 8.20. The van der Waals surface area contributed by atoms with E-state index in [-0.39, 0.29) is 5.91 Å². The van der Waals surface area contributed by atoms with Gasteiger partial charge in [0, 0.05) is 30.6 Å². The molecule has 0 aliphatic carbocycles. The molecule has 5 heteroatoms. The van der Waals surface area contributed by atoms with Crippen LogP contribution in [0.25, 0.3) is 0 Å². The first-order valence-corrected chi connectivity index (χ1v) is 5.91. The van der Waals surface area contributed by atoms with Gasteiger partial charge in [-0.3, -0.25) is 4.79 Å². The topological polar surface area (TPSA) is 50.4 Å². The summed E-state index contributed by atoms with van der Waals surface area (Å²) in [6, 6.07) is 5.02. The second kappa shape index (κ2) is 5.38. The number of hydrogen-bond acceptors (Lipinski definition) is 3. The SMILES string of the molecule is COc1ccc(Cl)cc1C(=O)NCC1CNC1. The zero-order valence-corrected chi connectivity index (χ0v) is 10.4. The summed E-state index contributed by atoms with van der Waals surface area (Å²) in [4.78, 5) is 12.0. The highest BCUT2D eigenvalue weighted by Crippen LogP contribution is 2.22. The molecule has 2 rings (SSSR count). The molecule has 1 aliphatic heterocycles.